The largest absolute Gasteiger partial charge is 0.329 e. The van der Waals surface area contributed by atoms with Crippen LogP contribution >= 0.6 is 0 Å². The van der Waals surface area contributed by atoms with E-state index in [1.165, 1.54) is 25.8 Å². The van der Waals surface area contributed by atoms with Crippen LogP contribution in [0.3, 0.4) is 0 Å². The molecule has 1 heterocycles. The first-order valence-corrected chi connectivity index (χ1v) is 7.31. The third-order valence-corrected chi connectivity index (χ3v) is 5.08. The summed E-state index contributed by atoms with van der Waals surface area (Å²) in [7, 11) is 1.45. The van der Waals surface area contributed by atoms with Crippen LogP contribution in [0.25, 0.3) is 0 Å². The first kappa shape index (κ1) is 13.1. The average Bonchev–Trinajstić information content (AvgIpc) is 2.26. The van der Waals surface area contributed by atoms with Crippen LogP contribution in [-0.2, 0) is 10.8 Å². The van der Waals surface area contributed by atoms with Crippen molar-refractivity contribution in [3.05, 3.63) is 0 Å². The maximum Gasteiger partial charge on any atom is 0.0442 e. The number of nitrogens with two attached hydrogens (primary N) is 1. The molecule has 3 atom stereocenters. The first-order chi connectivity index (χ1) is 7.15. The zero-order valence-electron chi connectivity index (χ0n) is 9.95. The maximum atomic E-state index is 11.7. The van der Waals surface area contributed by atoms with Gasteiger partial charge in [-0.05, 0) is 39.8 Å². The minimum atomic E-state index is -0.733. The molecule has 0 aliphatic carbocycles. The lowest BCUT2D eigenvalue weighted by Crippen LogP contribution is -2.37. The fraction of sp³-hybridized carbons (Fsp3) is 1.00. The number of likely N-dealkylation sites (tertiary alicyclic amines) is 1. The molecule has 1 saturated heterocycles. The standard InChI is InChI=1S/C11H24N2OS/c1-10(9-12)15(14)8-6-11-5-3-4-7-13(11)2/h10-11H,3-9,12H2,1-2H3. The highest BCUT2D eigenvalue weighted by Crippen LogP contribution is 2.18. The van der Waals surface area contributed by atoms with E-state index >= 15 is 0 Å². The average molecular weight is 232 g/mol. The van der Waals surface area contributed by atoms with E-state index in [9.17, 15) is 4.21 Å². The number of nitrogens with zero attached hydrogens (tertiary/aromatic N) is 1. The second-order valence-corrected chi connectivity index (χ2v) is 6.52. The lowest BCUT2D eigenvalue weighted by atomic mass is 10.0. The van der Waals surface area contributed by atoms with Gasteiger partial charge in [0, 0.05) is 34.4 Å². The molecule has 0 aromatic rings. The molecule has 4 heteroatoms. The van der Waals surface area contributed by atoms with Crippen molar-refractivity contribution in [3.63, 3.8) is 0 Å². The van der Waals surface area contributed by atoms with Crippen molar-refractivity contribution >= 4 is 10.8 Å². The van der Waals surface area contributed by atoms with Gasteiger partial charge in [-0.1, -0.05) is 6.42 Å². The van der Waals surface area contributed by atoms with Crippen LogP contribution < -0.4 is 5.73 Å². The molecular weight excluding hydrogens is 208 g/mol. The molecule has 0 aromatic carbocycles. The monoisotopic (exact) mass is 232 g/mol. The highest BCUT2D eigenvalue weighted by molar-refractivity contribution is 7.85. The third kappa shape index (κ3) is 4.21. The summed E-state index contributed by atoms with van der Waals surface area (Å²) < 4.78 is 11.7. The maximum absolute atomic E-state index is 11.7. The van der Waals surface area contributed by atoms with Crippen LogP contribution in [0.5, 0.6) is 0 Å². The van der Waals surface area contributed by atoms with Crippen LogP contribution in [0.4, 0.5) is 0 Å². The molecule has 1 aliphatic rings. The SMILES string of the molecule is CC(CN)S(=O)CCC1CCCCN1C. The Kier molecular flexibility index (Phi) is 5.79. The molecule has 90 valence electrons. The Hall–Kier alpha value is 0.0700. The number of hydrogen-bond donors (Lipinski definition) is 1. The topological polar surface area (TPSA) is 46.3 Å². The third-order valence-electron chi connectivity index (χ3n) is 3.35. The van der Waals surface area contributed by atoms with Gasteiger partial charge < -0.3 is 10.6 Å². The summed E-state index contributed by atoms with van der Waals surface area (Å²) in [5.74, 6) is 0.813. The predicted molar refractivity (Wildman–Crippen MR) is 66.4 cm³/mol. The van der Waals surface area contributed by atoms with Crippen molar-refractivity contribution < 1.29 is 4.21 Å². The normalized spacial score (nSPS) is 27.5. The fourth-order valence-corrected chi connectivity index (χ4v) is 3.19. The Morgan fingerprint density at radius 3 is 2.87 bits per heavy atom. The van der Waals surface area contributed by atoms with Gasteiger partial charge in [0.15, 0.2) is 0 Å². The van der Waals surface area contributed by atoms with Gasteiger partial charge in [-0.15, -0.1) is 0 Å². The smallest absolute Gasteiger partial charge is 0.0442 e. The molecule has 2 N–H and O–H groups in total. The second kappa shape index (κ2) is 6.61. The van der Waals surface area contributed by atoms with E-state index in [1.807, 2.05) is 6.92 Å². The van der Waals surface area contributed by atoms with Gasteiger partial charge in [-0.2, -0.15) is 0 Å². The zero-order chi connectivity index (χ0) is 11.3. The first-order valence-electron chi connectivity index (χ1n) is 5.92. The Labute approximate surface area is 95.9 Å². The summed E-state index contributed by atoms with van der Waals surface area (Å²) in [6.07, 6.45) is 4.97. The Morgan fingerprint density at radius 2 is 2.27 bits per heavy atom. The van der Waals surface area contributed by atoms with Crippen molar-refractivity contribution in [1.29, 1.82) is 0 Å². The molecule has 1 aliphatic heterocycles. The van der Waals surface area contributed by atoms with Gasteiger partial charge >= 0.3 is 0 Å². The number of rotatable bonds is 5. The zero-order valence-corrected chi connectivity index (χ0v) is 10.8. The van der Waals surface area contributed by atoms with Crippen molar-refractivity contribution in [2.24, 2.45) is 5.73 Å². The lowest BCUT2D eigenvalue weighted by Gasteiger charge is -2.32. The molecular formula is C11H24N2OS. The van der Waals surface area contributed by atoms with Gasteiger partial charge in [-0.3, -0.25) is 4.21 Å². The molecule has 1 rings (SSSR count). The number of piperidine rings is 1. The molecule has 0 amide bonds. The quantitative estimate of drug-likeness (QED) is 0.768. The van der Waals surface area contributed by atoms with E-state index in [0.29, 0.717) is 12.6 Å². The molecule has 0 saturated carbocycles. The van der Waals surface area contributed by atoms with Gasteiger partial charge in [0.05, 0.1) is 0 Å². The molecule has 1 fully saturated rings. The van der Waals surface area contributed by atoms with Crippen LogP contribution in [0.15, 0.2) is 0 Å². The molecule has 15 heavy (non-hydrogen) atoms. The van der Waals surface area contributed by atoms with E-state index in [0.717, 1.165) is 12.2 Å². The summed E-state index contributed by atoms with van der Waals surface area (Å²) in [5.41, 5.74) is 5.51. The van der Waals surface area contributed by atoms with Gasteiger partial charge in [0.2, 0.25) is 0 Å². The Bertz CT molecular complexity index is 211. The van der Waals surface area contributed by atoms with Gasteiger partial charge in [0.1, 0.15) is 0 Å². The van der Waals surface area contributed by atoms with E-state index < -0.39 is 10.8 Å². The van der Waals surface area contributed by atoms with E-state index in [-0.39, 0.29) is 5.25 Å². The summed E-state index contributed by atoms with van der Waals surface area (Å²) in [6.45, 7) is 3.71. The fourth-order valence-electron chi connectivity index (χ4n) is 2.07. The van der Waals surface area contributed by atoms with Crippen LogP contribution in [0.2, 0.25) is 0 Å². The van der Waals surface area contributed by atoms with Crippen molar-refractivity contribution in [3.8, 4) is 0 Å². The van der Waals surface area contributed by atoms with Crippen molar-refractivity contribution in [2.45, 2.75) is 43.9 Å². The molecule has 0 aromatic heterocycles. The highest BCUT2D eigenvalue weighted by atomic mass is 32.2. The summed E-state index contributed by atoms with van der Waals surface area (Å²) in [6, 6.07) is 0.646. The summed E-state index contributed by atoms with van der Waals surface area (Å²) in [4.78, 5) is 2.41. The molecule has 3 unspecified atom stereocenters. The Morgan fingerprint density at radius 1 is 1.53 bits per heavy atom. The molecule has 0 bridgehead atoms. The van der Waals surface area contributed by atoms with Gasteiger partial charge in [0.25, 0.3) is 0 Å². The van der Waals surface area contributed by atoms with E-state index in [4.69, 9.17) is 5.73 Å². The minimum Gasteiger partial charge on any atom is -0.329 e. The highest BCUT2D eigenvalue weighted by Gasteiger charge is 2.20. The predicted octanol–water partition coefficient (Wildman–Crippen LogP) is 0.957. The van der Waals surface area contributed by atoms with Crippen LogP contribution in [-0.4, -0.2) is 46.3 Å². The van der Waals surface area contributed by atoms with E-state index in [1.54, 1.807) is 0 Å². The minimum absolute atomic E-state index is 0.152. The van der Waals surface area contributed by atoms with E-state index in [2.05, 4.69) is 11.9 Å². The Balaban J connectivity index is 2.26. The molecule has 0 radical (unpaired) electrons. The molecule has 0 spiro atoms. The molecule has 3 nitrogen and oxygen atoms in total. The van der Waals surface area contributed by atoms with Gasteiger partial charge in [-0.25, -0.2) is 0 Å². The lowest BCUT2D eigenvalue weighted by molar-refractivity contribution is 0.182. The summed E-state index contributed by atoms with van der Waals surface area (Å²) >= 11 is 0. The second-order valence-electron chi connectivity index (χ2n) is 4.55. The number of hydrogen-bond acceptors (Lipinski definition) is 3. The van der Waals surface area contributed by atoms with Crippen molar-refractivity contribution in [1.82, 2.24) is 4.90 Å². The van der Waals surface area contributed by atoms with Crippen LogP contribution in [0, 0.1) is 0 Å². The van der Waals surface area contributed by atoms with Crippen molar-refractivity contribution in [2.75, 3.05) is 25.9 Å². The van der Waals surface area contributed by atoms with Crippen LogP contribution in [0.1, 0.15) is 32.6 Å². The summed E-state index contributed by atoms with van der Waals surface area (Å²) in [5, 5.41) is 0.152.